The van der Waals surface area contributed by atoms with E-state index in [2.05, 4.69) is 10.1 Å². The number of aryl methyl sites for hydroxylation is 1. The van der Waals surface area contributed by atoms with Crippen LogP contribution in [0.4, 0.5) is 18.9 Å². The minimum absolute atomic E-state index is 0.130. The maximum atomic E-state index is 12.7. The van der Waals surface area contributed by atoms with Crippen LogP contribution in [0.15, 0.2) is 71.6 Å². The number of carbonyl (C=O) groups excluding carboxylic acids is 1. The Labute approximate surface area is 177 Å². The highest BCUT2D eigenvalue weighted by Gasteiger charge is 2.32. The van der Waals surface area contributed by atoms with Gasteiger partial charge >= 0.3 is 6.36 Å². The number of nitrogens with one attached hydrogen (secondary N) is 1. The molecule has 31 heavy (non-hydrogen) atoms. The number of para-hydroxylation sites is 1. The van der Waals surface area contributed by atoms with Crippen LogP contribution in [0.5, 0.6) is 5.75 Å². The smallest absolute Gasteiger partial charge is 0.405 e. The van der Waals surface area contributed by atoms with Crippen molar-refractivity contribution in [3.8, 4) is 16.9 Å². The van der Waals surface area contributed by atoms with Crippen molar-refractivity contribution in [2.45, 2.75) is 18.2 Å². The normalized spacial score (nSPS) is 11.8. The van der Waals surface area contributed by atoms with E-state index in [-0.39, 0.29) is 16.2 Å². The molecule has 1 amide bonds. The van der Waals surface area contributed by atoms with Gasteiger partial charge in [0.25, 0.3) is 5.91 Å². The van der Waals surface area contributed by atoms with E-state index in [1.807, 2.05) is 0 Å². The number of benzene rings is 3. The van der Waals surface area contributed by atoms with Crippen LogP contribution in [0.2, 0.25) is 0 Å². The molecule has 0 radical (unpaired) electrons. The lowest BCUT2D eigenvalue weighted by atomic mass is 9.97. The molecule has 0 spiro atoms. The van der Waals surface area contributed by atoms with E-state index in [4.69, 9.17) is 0 Å². The van der Waals surface area contributed by atoms with Crippen LogP contribution in [0, 0.1) is 6.92 Å². The second kappa shape index (κ2) is 8.43. The zero-order valence-corrected chi connectivity index (χ0v) is 17.3. The molecule has 1 N–H and O–H groups in total. The number of carbonyl (C=O) groups is 1. The molecular weight excluding hydrogens is 431 g/mol. The highest BCUT2D eigenvalue weighted by atomic mass is 32.2. The van der Waals surface area contributed by atoms with Crippen molar-refractivity contribution in [3.05, 3.63) is 77.9 Å². The Morgan fingerprint density at radius 2 is 1.58 bits per heavy atom. The lowest BCUT2D eigenvalue weighted by Gasteiger charge is -2.15. The van der Waals surface area contributed by atoms with Gasteiger partial charge in [0.1, 0.15) is 5.75 Å². The Kier molecular flexibility index (Phi) is 6.08. The molecule has 3 rings (SSSR count). The summed E-state index contributed by atoms with van der Waals surface area (Å²) in [6, 6.07) is 16.1. The summed E-state index contributed by atoms with van der Waals surface area (Å²) in [6.45, 7) is 1.68. The Bertz CT molecular complexity index is 1220. The van der Waals surface area contributed by atoms with E-state index in [1.54, 1.807) is 25.1 Å². The van der Waals surface area contributed by atoms with Crippen molar-refractivity contribution in [1.82, 2.24) is 0 Å². The molecular formula is C22H18F3NO4S. The number of anilines is 1. The van der Waals surface area contributed by atoms with Crippen molar-refractivity contribution in [3.63, 3.8) is 0 Å². The summed E-state index contributed by atoms with van der Waals surface area (Å²) in [7, 11) is -3.35. The number of ether oxygens (including phenoxy) is 1. The Morgan fingerprint density at radius 1 is 0.935 bits per heavy atom. The van der Waals surface area contributed by atoms with E-state index < -0.39 is 22.1 Å². The van der Waals surface area contributed by atoms with Gasteiger partial charge in [-0.15, -0.1) is 13.2 Å². The largest absolute Gasteiger partial charge is 0.573 e. The third-order valence-corrected chi connectivity index (χ3v) is 5.56. The average molecular weight is 449 g/mol. The zero-order valence-electron chi connectivity index (χ0n) is 16.5. The van der Waals surface area contributed by atoms with Gasteiger partial charge in [0, 0.05) is 23.1 Å². The Hall–Kier alpha value is -3.33. The second-order valence-electron chi connectivity index (χ2n) is 6.82. The Balaban J connectivity index is 1.84. The molecule has 9 heteroatoms. The Morgan fingerprint density at radius 3 is 2.16 bits per heavy atom. The molecule has 5 nitrogen and oxygen atoms in total. The highest BCUT2D eigenvalue weighted by Crippen LogP contribution is 2.35. The number of hydrogen-bond acceptors (Lipinski definition) is 4. The number of halogens is 3. The predicted octanol–water partition coefficient (Wildman–Crippen LogP) is 5.22. The minimum atomic E-state index is -4.82. The summed E-state index contributed by atoms with van der Waals surface area (Å²) in [6.07, 6.45) is -3.74. The van der Waals surface area contributed by atoms with E-state index in [9.17, 15) is 26.4 Å². The van der Waals surface area contributed by atoms with Crippen LogP contribution in [0.25, 0.3) is 11.1 Å². The van der Waals surface area contributed by atoms with Gasteiger partial charge in [-0.05, 0) is 60.5 Å². The van der Waals surface area contributed by atoms with E-state index in [1.165, 1.54) is 48.5 Å². The molecule has 3 aromatic rings. The first-order valence-corrected chi connectivity index (χ1v) is 10.9. The summed E-state index contributed by atoms with van der Waals surface area (Å²) in [4.78, 5) is 12.7. The average Bonchev–Trinajstić information content (AvgIpc) is 2.67. The first-order valence-electron chi connectivity index (χ1n) is 9.01. The van der Waals surface area contributed by atoms with Gasteiger partial charge in [-0.3, -0.25) is 4.79 Å². The van der Waals surface area contributed by atoms with Crippen molar-refractivity contribution in [2.24, 2.45) is 0 Å². The molecule has 0 aliphatic carbocycles. The number of alkyl halides is 3. The quantitative estimate of drug-likeness (QED) is 0.580. The van der Waals surface area contributed by atoms with Crippen LogP contribution in [-0.2, 0) is 9.84 Å². The van der Waals surface area contributed by atoms with Crippen LogP contribution >= 0.6 is 0 Å². The summed E-state index contributed by atoms with van der Waals surface area (Å²) < 4.78 is 65.2. The summed E-state index contributed by atoms with van der Waals surface area (Å²) in [5.74, 6) is -0.775. The van der Waals surface area contributed by atoms with Gasteiger partial charge in [0.05, 0.1) is 4.90 Å². The van der Waals surface area contributed by atoms with Crippen LogP contribution in [0.1, 0.15) is 15.9 Å². The number of sulfone groups is 1. The van der Waals surface area contributed by atoms with Crippen LogP contribution < -0.4 is 10.1 Å². The monoisotopic (exact) mass is 449 g/mol. The topological polar surface area (TPSA) is 72.5 Å². The second-order valence-corrected chi connectivity index (χ2v) is 8.84. The molecule has 0 bridgehead atoms. The molecule has 0 saturated heterocycles. The van der Waals surface area contributed by atoms with Gasteiger partial charge in [-0.1, -0.05) is 24.3 Å². The molecule has 0 aliphatic rings. The fourth-order valence-corrected chi connectivity index (χ4v) is 3.63. The van der Waals surface area contributed by atoms with Gasteiger partial charge in [-0.25, -0.2) is 8.42 Å². The lowest BCUT2D eigenvalue weighted by molar-refractivity contribution is -0.274. The fraction of sp³-hybridized carbons (Fsp3) is 0.136. The maximum Gasteiger partial charge on any atom is 0.573 e. The van der Waals surface area contributed by atoms with Gasteiger partial charge in [0.2, 0.25) is 0 Å². The third-order valence-electron chi connectivity index (χ3n) is 4.43. The van der Waals surface area contributed by atoms with Crippen molar-refractivity contribution in [1.29, 1.82) is 0 Å². The molecule has 0 saturated carbocycles. The van der Waals surface area contributed by atoms with Crippen LogP contribution in [0.3, 0.4) is 0 Å². The molecule has 0 aliphatic heterocycles. The molecule has 3 aromatic carbocycles. The molecule has 0 unspecified atom stereocenters. The fourth-order valence-electron chi connectivity index (χ4n) is 3.00. The molecule has 0 fully saturated rings. The summed E-state index contributed by atoms with van der Waals surface area (Å²) in [5.41, 5.74) is 2.03. The summed E-state index contributed by atoms with van der Waals surface area (Å²) >= 11 is 0. The summed E-state index contributed by atoms with van der Waals surface area (Å²) in [5, 5.41) is 2.66. The predicted molar refractivity (Wildman–Crippen MR) is 111 cm³/mol. The molecule has 0 heterocycles. The van der Waals surface area contributed by atoms with E-state index in [0.717, 1.165) is 6.26 Å². The third kappa shape index (κ3) is 5.64. The van der Waals surface area contributed by atoms with E-state index >= 15 is 0 Å². The SMILES string of the molecule is Cc1cc(C(=O)Nc2ccc(S(C)(=O)=O)cc2)ccc1-c1ccccc1OC(F)(F)F. The van der Waals surface area contributed by atoms with Crippen molar-refractivity contribution >= 4 is 21.4 Å². The first kappa shape index (κ1) is 22.4. The van der Waals surface area contributed by atoms with Gasteiger partial charge in [0.15, 0.2) is 9.84 Å². The van der Waals surface area contributed by atoms with E-state index in [0.29, 0.717) is 22.4 Å². The number of rotatable bonds is 5. The molecule has 162 valence electrons. The van der Waals surface area contributed by atoms with Crippen molar-refractivity contribution < 1.29 is 31.1 Å². The molecule has 0 aromatic heterocycles. The number of amides is 1. The first-order chi connectivity index (χ1) is 14.4. The highest BCUT2D eigenvalue weighted by molar-refractivity contribution is 7.90. The standard InChI is InChI=1S/C22H18F3NO4S/c1-14-13-15(21(27)26-16-8-10-17(11-9-16)31(2,28)29)7-12-18(14)19-5-3-4-6-20(19)30-22(23,24)25/h3-13H,1-2H3,(H,26,27). The van der Waals surface area contributed by atoms with Gasteiger partial charge in [-0.2, -0.15) is 0 Å². The lowest BCUT2D eigenvalue weighted by Crippen LogP contribution is -2.17. The number of hydrogen-bond donors (Lipinski definition) is 1. The zero-order chi connectivity index (χ0) is 22.8. The van der Waals surface area contributed by atoms with Gasteiger partial charge < -0.3 is 10.1 Å². The van der Waals surface area contributed by atoms with Crippen LogP contribution in [-0.4, -0.2) is 26.9 Å². The maximum absolute atomic E-state index is 12.7. The minimum Gasteiger partial charge on any atom is -0.405 e. The molecule has 0 atom stereocenters. The van der Waals surface area contributed by atoms with Crippen molar-refractivity contribution in [2.75, 3.05) is 11.6 Å².